The molecule has 0 aliphatic heterocycles. The van der Waals surface area contributed by atoms with Crippen LogP contribution in [0.3, 0.4) is 0 Å². The molecule has 0 spiro atoms. The van der Waals surface area contributed by atoms with Crippen LogP contribution >= 0.6 is 0 Å². The monoisotopic (exact) mass is 920 g/mol. The first-order valence-corrected chi connectivity index (χ1v) is 20.2. The van der Waals surface area contributed by atoms with Gasteiger partial charge in [0, 0.05) is 35.2 Å². The second kappa shape index (κ2) is 21.9. The van der Waals surface area contributed by atoms with Gasteiger partial charge in [0.2, 0.25) is 11.8 Å². The Kier molecular flexibility index (Phi) is 16.2. The lowest BCUT2D eigenvalue weighted by atomic mass is 10.1. The zero-order valence-corrected chi connectivity index (χ0v) is 36.5. The van der Waals surface area contributed by atoms with E-state index in [0.717, 1.165) is 7.11 Å². The highest BCUT2D eigenvalue weighted by Crippen LogP contribution is 2.39. The van der Waals surface area contributed by atoms with E-state index in [1.807, 2.05) is 0 Å². The van der Waals surface area contributed by atoms with Crippen LogP contribution in [0.1, 0.15) is 79.5 Å². The summed E-state index contributed by atoms with van der Waals surface area (Å²) in [7, 11) is 1.11. The molecule has 6 amide bonds. The van der Waals surface area contributed by atoms with Gasteiger partial charge in [-0.2, -0.15) is 0 Å². The number of nitrogens with one attached hydrogen (secondary N) is 5. The van der Waals surface area contributed by atoms with Gasteiger partial charge in [-0.3, -0.25) is 34.0 Å². The van der Waals surface area contributed by atoms with Crippen LogP contribution in [0.2, 0.25) is 0 Å². The Labute approximate surface area is 382 Å². The van der Waals surface area contributed by atoms with Crippen molar-refractivity contribution in [1.82, 2.24) is 5.32 Å². The number of phenolic OH excluding ortho intramolecular Hbond substituents is 1. The summed E-state index contributed by atoms with van der Waals surface area (Å²) in [6, 6.07) is 20.9. The van der Waals surface area contributed by atoms with Gasteiger partial charge in [0.15, 0.2) is 17.6 Å². The summed E-state index contributed by atoms with van der Waals surface area (Å²) in [6.07, 6.45) is -2.53. The summed E-state index contributed by atoms with van der Waals surface area (Å²) in [5.41, 5.74) is 5.94. The lowest BCUT2D eigenvalue weighted by Gasteiger charge is -2.24. The van der Waals surface area contributed by atoms with E-state index in [9.17, 15) is 49.0 Å². The quantitative estimate of drug-likeness (QED) is 0.0471. The van der Waals surface area contributed by atoms with Crippen LogP contribution in [-0.4, -0.2) is 88.3 Å². The second-order valence-corrected chi connectivity index (χ2v) is 15.0. The predicted molar refractivity (Wildman–Crippen MR) is 244 cm³/mol. The van der Waals surface area contributed by atoms with E-state index in [1.165, 1.54) is 103 Å². The van der Waals surface area contributed by atoms with Crippen molar-refractivity contribution in [3.05, 3.63) is 136 Å². The molecule has 0 radical (unpaired) electrons. The fourth-order valence-electron chi connectivity index (χ4n) is 6.20. The third-order valence-electron chi connectivity index (χ3n) is 9.39. The van der Waals surface area contributed by atoms with Gasteiger partial charge in [-0.05, 0) is 131 Å². The molecule has 0 aliphatic carbocycles. The fourth-order valence-corrected chi connectivity index (χ4v) is 6.20. The van der Waals surface area contributed by atoms with E-state index in [1.54, 1.807) is 27.7 Å². The average Bonchev–Trinajstić information content (AvgIpc) is 3.28. The van der Waals surface area contributed by atoms with Crippen molar-refractivity contribution >= 4 is 69.8 Å². The maximum Gasteiger partial charge on any atom is 0.335 e. The molecule has 21 heteroatoms. The smallest absolute Gasteiger partial charge is 0.335 e. The third kappa shape index (κ3) is 12.8. The highest BCUT2D eigenvalue weighted by Gasteiger charge is 2.35. The Balaban J connectivity index is 1.27. The number of amides is 6. The molecule has 0 saturated heterocycles. The zero-order chi connectivity index (χ0) is 49.1. The van der Waals surface area contributed by atoms with E-state index in [2.05, 4.69) is 26.6 Å². The molecule has 350 valence electrons. The molecular weight excluding hydrogens is 875 g/mol. The Bertz CT molecular complexity index is 2650. The van der Waals surface area contributed by atoms with Crippen molar-refractivity contribution in [1.29, 1.82) is 0 Å². The SMILES string of the molecule is CO[C@H](C(N)=O)[C@H](NC(=O)c1ccc(NC(=O)c2ccc(N([O-])O)cc2)cc1)C(=O)Nc1ccc(C(=O)Nc2ccc(C(=O)Nc3ccc(C(=O)O)cc3OC(C)C)c(O)c2OC(C)C)cc1. The maximum absolute atomic E-state index is 13.6. The Morgan fingerprint density at radius 1 is 0.627 bits per heavy atom. The molecule has 0 unspecified atom stereocenters. The first kappa shape index (κ1) is 49.5. The number of primary amides is 1. The number of aromatic carboxylic acids is 1. The number of nitrogens with zero attached hydrogens (tertiary/aromatic N) is 1. The molecule has 0 heterocycles. The molecule has 0 fully saturated rings. The molecule has 5 rings (SSSR count). The van der Waals surface area contributed by atoms with Crippen LogP contribution in [0.5, 0.6) is 17.2 Å². The zero-order valence-electron chi connectivity index (χ0n) is 36.5. The van der Waals surface area contributed by atoms with Crippen molar-refractivity contribution < 1.29 is 63.2 Å². The van der Waals surface area contributed by atoms with Gasteiger partial charge < -0.3 is 67.2 Å². The number of carboxylic acids is 1. The van der Waals surface area contributed by atoms with E-state index < -0.39 is 65.4 Å². The summed E-state index contributed by atoms with van der Waals surface area (Å²) >= 11 is 0. The molecule has 0 aromatic heterocycles. The lowest BCUT2D eigenvalue weighted by Crippen LogP contribution is -2.56. The van der Waals surface area contributed by atoms with Crippen LogP contribution < -0.4 is 47.0 Å². The highest BCUT2D eigenvalue weighted by atomic mass is 16.8. The highest BCUT2D eigenvalue weighted by molar-refractivity contribution is 6.10. The van der Waals surface area contributed by atoms with E-state index >= 15 is 0 Å². The van der Waals surface area contributed by atoms with Crippen molar-refractivity contribution in [3.63, 3.8) is 0 Å². The van der Waals surface area contributed by atoms with Gasteiger partial charge in [0.05, 0.1) is 40.4 Å². The number of carbonyl (C=O) groups excluding carboxylic acids is 6. The topological polar surface area (TPSA) is 320 Å². The number of nitrogens with two attached hydrogens (primary N) is 1. The number of ether oxygens (including phenoxy) is 3. The number of phenols is 1. The van der Waals surface area contributed by atoms with Crippen molar-refractivity contribution in [3.8, 4) is 17.2 Å². The Hall–Kier alpha value is -8.53. The van der Waals surface area contributed by atoms with Crippen LogP contribution in [0.25, 0.3) is 0 Å². The van der Waals surface area contributed by atoms with E-state index in [-0.39, 0.29) is 79.1 Å². The summed E-state index contributed by atoms with van der Waals surface area (Å²) in [5, 5.41) is 53.2. The molecule has 2 atom stereocenters. The molecule has 10 N–H and O–H groups in total. The summed E-state index contributed by atoms with van der Waals surface area (Å²) in [6.45, 7) is 6.76. The lowest BCUT2D eigenvalue weighted by molar-refractivity contribution is -0.134. The predicted octanol–water partition coefficient (Wildman–Crippen LogP) is 5.35. The molecule has 5 aromatic rings. The average molecular weight is 921 g/mol. The number of rotatable bonds is 19. The van der Waals surface area contributed by atoms with Gasteiger partial charge in [0.25, 0.3) is 23.6 Å². The van der Waals surface area contributed by atoms with E-state index in [4.69, 9.17) is 25.2 Å². The molecule has 0 bridgehead atoms. The first-order valence-electron chi connectivity index (χ1n) is 20.2. The number of anilines is 5. The van der Waals surface area contributed by atoms with Gasteiger partial charge in [-0.1, -0.05) is 0 Å². The van der Waals surface area contributed by atoms with Crippen molar-refractivity contribution in [2.45, 2.75) is 52.0 Å². The normalized spacial score (nSPS) is 11.7. The summed E-state index contributed by atoms with van der Waals surface area (Å²) < 4.78 is 16.7. The fraction of sp³-hybridized carbons (Fsp3) is 0.196. The number of methoxy groups -OCH3 is 1. The van der Waals surface area contributed by atoms with Crippen LogP contribution in [0.4, 0.5) is 28.4 Å². The Morgan fingerprint density at radius 3 is 1.64 bits per heavy atom. The minimum Gasteiger partial charge on any atom is -0.733 e. The largest absolute Gasteiger partial charge is 0.733 e. The van der Waals surface area contributed by atoms with Crippen LogP contribution in [0, 0.1) is 5.21 Å². The molecular formula is C46H46N7O14-. The maximum atomic E-state index is 13.6. The van der Waals surface area contributed by atoms with Gasteiger partial charge >= 0.3 is 5.97 Å². The molecule has 21 nitrogen and oxygen atoms in total. The standard InChI is InChI=1S/C46H46N7O14/c1-23(2)66-35-22-28(46(61)62)12-20-33(35)50-44(59)32-19-21-34(38(37(32)54)67-24(3)4)51-42(57)25-6-15-30(16-7-25)49-45(60)36(39(65-5)40(47)55)52-43(58)26-8-13-29(14-9-26)48-41(56)27-10-17-31(18-11-27)53(63)64/h6-24,36,39,54,63H,1-5H3,(H2,47,55)(H,48,56)(H,49,60)(H,50,59)(H,51,57)(H,52,58)(H,61,62)/q-1/t36-,39-/m0/s1. The molecule has 0 saturated carbocycles. The number of benzene rings is 5. The summed E-state index contributed by atoms with van der Waals surface area (Å²) in [4.78, 5) is 90.3. The van der Waals surface area contributed by atoms with Crippen LogP contribution in [0.15, 0.2) is 103 Å². The number of aromatic hydroxyl groups is 1. The number of hydrogen-bond acceptors (Lipinski definition) is 14. The second-order valence-electron chi connectivity index (χ2n) is 15.0. The van der Waals surface area contributed by atoms with Gasteiger partial charge in [-0.15, -0.1) is 0 Å². The first-order chi connectivity index (χ1) is 31.8. The number of hydrogen-bond donors (Lipinski definition) is 9. The minimum absolute atomic E-state index is 0.000993. The molecule has 67 heavy (non-hydrogen) atoms. The van der Waals surface area contributed by atoms with Crippen molar-refractivity contribution in [2.75, 3.05) is 33.6 Å². The van der Waals surface area contributed by atoms with Crippen molar-refractivity contribution in [2.24, 2.45) is 5.73 Å². The number of carbonyl (C=O) groups is 7. The Morgan fingerprint density at radius 2 is 1.12 bits per heavy atom. The van der Waals surface area contributed by atoms with Gasteiger partial charge in [0.1, 0.15) is 11.8 Å². The van der Waals surface area contributed by atoms with Crippen LogP contribution in [-0.2, 0) is 14.3 Å². The number of carboxylic acid groups (broad SMARTS) is 1. The summed E-state index contributed by atoms with van der Waals surface area (Å²) in [5.74, 6) is -6.77. The third-order valence-corrected chi connectivity index (χ3v) is 9.39. The van der Waals surface area contributed by atoms with Gasteiger partial charge in [-0.25, -0.2) is 4.79 Å². The minimum atomic E-state index is -1.66. The molecule has 5 aromatic carbocycles. The van der Waals surface area contributed by atoms with E-state index in [0.29, 0.717) is 0 Å². The molecule has 0 aliphatic rings.